The zero-order valence-corrected chi connectivity index (χ0v) is 24.2. The monoisotopic (exact) mass is 525 g/mol. The molecule has 0 aliphatic heterocycles. The lowest BCUT2D eigenvalue weighted by Crippen LogP contribution is -2.34. The third-order valence-corrected chi connectivity index (χ3v) is 6.02. The molecule has 2 aromatic rings. The maximum atomic E-state index is 5.56. The van der Waals surface area contributed by atoms with E-state index in [2.05, 4.69) is 42.0 Å². The molecular formula is C27H39N7O2S. The van der Waals surface area contributed by atoms with E-state index in [0.29, 0.717) is 23.8 Å². The van der Waals surface area contributed by atoms with Crippen molar-refractivity contribution in [3.8, 4) is 6.01 Å². The second kappa shape index (κ2) is 17.0. The number of aliphatic imine (C=N–C) groups is 2. The van der Waals surface area contributed by atoms with Gasteiger partial charge in [-0.05, 0) is 39.8 Å². The molecule has 0 aliphatic rings. The minimum Gasteiger partial charge on any atom is -0.383 e. The number of rotatable bonds is 11. The van der Waals surface area contributed by atoms with Crippen molar-refractivity contribution < 1.29 is 9.57 Å². The molecule has 0 radical (unpaired) electrons. The summed E-state index contributed by atoms with van der Waals surface area (Å²) in [5.41, 5.74) is 3.90. The number of oxime groups is 1. The average Bonchev–Trinajstić information content (AvgIpc) is 3.30. The Bertz CT molecular complexity index is 1160. The molecule has 2 heterocycles. The van der Waals surface area contributed by atoms with Crippen molar-refractivity contribution >= 4 is 40.2 Å². The second-order valence-corrected chi connectivity index (χ2v) is 8.47. The van der Waals surface area contributed by atoms with Crippen LogP contribution in [-0.2, 0) is 4.74 Å². The normalized spacial score (nSPS) is 13.8. The summed E-state index contributed by atoms with van der Waals surface area (Å²) in [5.74, 6) is 0.685. The van der Waals surface area contributed by atoms with E-state index in [0.717, 1.165) is 26.7 Å². The zero-order valence-electron chi connectivity index (χ0n) is 23.4. The second-order valence-electron chi connectivity index (χ2n) is 7.47. The van der Waals surface area contributed by atoms with E-state index >= 15 is 0 Å². The number of hydrogen-bond donors (Lipinski definition) is 1. The molecule has 0 amide bonds. The first-order valence-corrected chi connectivity index (χ1v) is 12.9. The third-order valence-electron chi connectivity index (χ3n) is 4.71. The van der Waals surface area contributed by atoms with Crippen molar-refractivity contribution in [1.82, 2.24) is 20.3 Å². The standard InChI is InChI=1S/C25H33N7O2S.C2H6/c1-9-19(13-22(27-7)29-16(3)15-33-8)21-11-12-28-25(31-21)34-32-18(5)23-17(4)30-24(35-23)20(10-2)14-26-6;1-2/h9-14,16H,1,15H2,2-8H3,(H,27,29);1-2H3/b19-13+,20-10+,26-14?,32-18+;. The number of amidine groups is 1. The van der Waals surface area contributed by atoms with E-state index in [1.807, 2.05) is 53.7 Å². The van der Waals surface area contributed by atoms with Gasteiger partial charge < -0.3 is 14.9 Å². The minimum atomic E-state index is 0.0940. The lowest BCUT2D eigenvalue weighted by Gasteiger charge is -2.14. The molecule has 200 valence electrons. The molecule has 0 aromatic carbocycles. The minimum absolute atomic E-state index is 0.0940. The van der Waals surface area contributed by atoms with Gasteiger partial charge in [-0.15, -0.1) is 11.3 Å². The van der Waals surface area contributed by atoms with Gasteiger partial charge in [0.15, 0.2) is 0 Å². The summed E-state index contributed by atoms with van der Waals surface area (Å²) < 4.78 is 5.18. The van der Waals surface area contributed by atoms with Gasteiger partial charge in [-0.25, -0.2) is 9.97 Å². The number of nitrogens with zero attached hydrogens (tertiary/aromatic N) is 6. The van der Waals surface area contributed by atoms with Crippen molar-refractivity contribution in [2.24, 2.45) is 15.1 Å². The summed E-state index contributed by atoms with van der Waals surface area (Å²) >= 11 is 1.53. The fraction of sp³-hybridized carbons (Fsp3) is 0.407. The molecule has 2 aromatic heterocycles. The smallest absolute Gasteiger partial charge is 0.346 e. The first-order chi connectivity index (χ1) is 17.9. The zero-order chi connectivity index (χ0) is 27.8. The van der Waals surface area contributed by atoms with Gasteiger partial charge in [0.05, 0.1) is 28.6 Å². The molecule has 0 saturated heterocycles. The van der Waals surface area contributed by atoms with Crippen LogP contribution in [0.2, 0.25) is 0 Å². The number of nitrogens with one attached hydrogen (secondary N) is 1. The SMILES string of the molecule is C=C/C(=C\C(=NC)NC(C)COC)c1ccnc(O/N=C(\C)c2sc(/C(C=NC)=C/C)nc2C)n1.CC. The molecule has 0 spiro atoms. The van der Waals surface area contributed by atoms with Crippen LogP contribution in [0.5, 0.6) is 6.01 Å². The van der Waals surface area contributed by atoms with Crippen LogP contribution >= 0.6 is 11.3 Å². The van der Waals surface area contributed by atoms with Crippen molar-refractivity contribution in [1.29, 1.82) is 0 Å². The van der Waals surface area contributed by atoms with Gasteiger partial charge in [-0.2, -0.15) is 4.98 Å². The van der Waals surface area contributed by atoms with Crippen molar-refractivity contribution in [2.45, 2.75) is 47.6 Å². The van der Waals surface area contributed by atoms with Crippen LogP contribution in [-0.4, -0.2) is 66.6 Å². The van der Waals surface area contributed by atoms with Crippen molar-refractivity contribution in [3.63, 3.8) is 0 Å². The Morgan fingerprint density at radius 2 is 1.97 bits per heavy atom. The molecule has 9 nitrogen and oxygen atoms in total. The van der Waals surface area contributed by atoms with E-state index in [1.165, 1.54) is 11.3 Å². The van der Waals surface area contributed by atoms with E-state index in [4.69, 9.17) is 9.57 Å². The Balaban J connectivity index is 0.00000334. The topological polar surface area (TPSA) is 106 Å². The van der Waals surface area contributed by atoms with Crippen LogP contribution in [0, 0.1) is 6.92 Å². The average molecular weight is 526 g/mol. The van der Waals surface area contributed by atoms with Gasteiger partial charge in [0.1, 0.15) is 10.8 Å². The number of aromatic nitrogens is 3. The molecule has 2 rings (SSSR count). The fourth-order valence-electron chi connectivity index (χ4n) is 3.04. The van der Waals surface area contributed by atoms with Crippen LogP contribution in [0.15, 0.2) is 52.2 Å². The molecule has 1 unspecified atom stereocenters. The maximum absolute atomic E-state index is 5.56. The lowest BCUT2D eigenvalue weighted by molar-refractivity contribution is 0.179. The highest BCUT2D eigenvalue weighted by Gasteiger charge is 2.14. The number of methoxy groups -OCH3 is 1. The Morgan fingerprint density at radius 1 is 1.24 bits per heavy atom. The van der Waals surface area contributed by atoms with Gasteiger partial charge >= 0.3 is 6.01 Å². The number of thiazole rings is 1. The number of aryl methyl sites for hydroxylation is 1. The molecular weight excluding hydrogens is 486 g/mol. The van der Waals surface area contributed by atoms with Crippen LogP contribution in [0.1, 0.15) is 55.9 Å². The van der Waals surface area contributed by atoms with Gasteiger partial charge in [-0.1, -0.05) is 37.7 Å². The van der Waals surface area contributed by atoms with Crippen LogP contribution in [0.4, 0.5) is 0 Å². The maximum Gasteiger partial charge on any atom is 0.346 e. The Hall–Kier alpha value is -3.50. The van der Waals surface area contributed by atoms with Gasteiger partial charge in [0.25, 0.3) is 0 Å². The molecule has 37 heavy (non-hydrogen) atoms. The van der Waals surface area contributed by atoms with Gasteiger partial charge in [0.2, 0.25) is 0 Å². The molecule has 1 atom stereocenters. The predicted octanol–water partition coefficient (Wildman–Crippen LogP) is 5.40. The summed E-state index contributed by atoms with van der Waals surface area (Å²) in [7, 11) is 5.11. The first kappa shape index (κ1) is 31.5. The van der Waals surface area contributed by atoms with E-state index < -0.39 is 0 Å². The number of ether oxygens (including phenoxy) is 1. The third kappa shape index (κ3) is 9.82. The fourth-order valence-corrected chi connectivity index (χ4v) is 4.09. The summed E-state index contributed by atoms with van der Waals surface area (Å²) in [6, 6.07) is 1.99. The van der Waals surface area contributed by atoms with Crippen molar-refractivity contribution in [2.75, 3.05) is 27.8 Å². The quantitative estimate of drug-likeness (QED) is 0.182. The number of allylic oxidation sites excluding steroid dienone is 4. The summed E-state index contributed by atoms with van der Waals surface area (Å²) in [4.78, 5) is 28.2. The first-order valence-electron chi connectivity index (χ1n) is 12.0. The highest BCUT2D eigenvalue weighted by atomic mass is 32.1. The van der Waals surface area contributed by atoms with Crippen LogP contribution in [0.25, 0.3) is 11.1 Å². The number of hydrogen-bond acceptors (Lipinski definition) is 9. The Kier molecular flexibility index (Phi) is 14.5. The summed E-state index contributed by atoms with van der Waals surface area (Å²) in [6.45, 7) is 16.2. The van der Waals surface area contributed by atoms with Gasteiger partial charge in [0, 0.05) is 50.8 Å². The molecule has 10 heteroatoms. The molecule has 0 aliphatic carbocycles. The highest BCUT2D eigenvalue weighted by Crippen LogP contribution is 2.24. The molecule has 0 bridgehead atoms. The summed E-state index contributed by atoms with van der Waals surface area (Å²) in [5, 5.41) is 8.41. The van der Waals surface area contributed by atoms with E-state index in [9.17, 15) is 0 Å². The molecule has 0 saturated carbocycles. The summed E-state index contributed by atoms with van der Waals surface area (Å²) in [6.07, 6.45) is 8.94. The van der Waals surface area contributed by atoms with E-state index in [1.54, 1.807) is 45.8 Å². The predicted molar refractivity (Wildman–Crippen MR) is 157 cm³/mol. The molecule has 0 fully saturated rings. The van der Waals surface area contributed by atoms with Crippen molar-refractivity contribution in [3.05, 3.63) is 58.3 Å². The van der Waals surface area contributed by atoms with E-state index in [-0.39, 0.29) is 12.1 Å². The van der Waals surface area contributed by atoms with Crippen LogP contribution < -0.4 is 10.2 Å². The Morgan fingerprint density at radius 3 is 2.57 bits per heavy atom. The highest BCUT2D eigenvalue weighted by molar-refractivity contribution is 7.15. The lowest BCUT2D eigenvalue weighted by atomic mass is 10.1. The largest absolute Gasteiger partial charge is 0.383 e. The molecule has 1 N–H and O–H groups in total. The Labute approximate surface area is 224 Å². The van der Waals surface area contributed by atoms with Crippen LogP contribution in [0.3, 0.4) is 0 Å². The van der Waals surface area contributed by atoms with Gasteiger partial charge in [-0.3, -0.25) is 9.98 Å².